The Labute approximate surface area is 105 Å². The van der Waals surface area contributed by atoms with Crippen LogP contribution in [0.25, 0.3) is 0 Å². The van der Waals surface area contributed by atoms with Gasteiger partial charge in [0, 0.05) is 24.8 Å². The van der Waals surface area contributed by atoms with Crippen LogP contribution in [0.5, 0.6) is 0 Å². The molecule has 0 amide bonds. The van der Waals surface area contributed by atoms with Gasteiger partial charge in [-0.25, -0.2) is 0 Å². The van der Waals surface area contributed by atoms with Crippen LogP contribution in [0.3, 0.4) is 0 Å². The molecule has 2 N–H and O–H groups in total. The van der Waals surface area contributed by atoms with Gasteiger partial charge in [-0.15, -0.1) is 0 Å². The summed E-state index contributed by atoms with van der Waals surface area (Å²) < 4.78 is 0. The summed E-state index contributed by atoms with van der Waals surface area (Å²) in [5.41, 5.74) is 0.730. The number of nitro benzene ring substituents is 1. The normalized spacial score (nSPS) is 11.6. The van der Waals surface area contributed by atoms with Crippen molar-refractivity contribution in [1.29, 1.82) is 5.26 Å². The van der Waals surface area contributed by atoms with Crippen molar-refractivity contribution in [1.82, 2.24) is 0 Å². The molecular weight excluding hydrogens is 234 g/mol. The number of non-ortho nitro benzene ring substituents is 1. The summed E-state index contributed by atoms with van der Waals surface area (Å²) in [6.45, 7) is 2.05. The zero-order valence-electron chi connectivity index (χ0n) is 10.1. The first-order valence-electron chi connectivity index (χ1n) is 5.64. The van der Waals surface area contributed by atoms with Crippen LogP contribution in [0.2, 0.25) is 0 Å². The number of hydrogen-bond donors (Lipinski definition) is 2. The lowest BCUT2D eigenvalue weighted by Gasteiger charge is -2.15. The highest BCUT2D eigenvalue weighted by molar-refractivity contribution is 5.61. The fourth-order valence-corrected chi connectivity index (χ4v) is 1.60. The van der Waals surface area contributed by atoms with Gasteiger partial charge in [0.1, 0.15) is 6.07 Å². The van der Waals surface area contributed by atoms with Gasteiger partial charge in [-0.1, -0.05) is 0 Å². The van der Waals surface area contributed by atoms with E-state index in [0.29, 0.717) is 12.1 Å². The molecule has 1 aromatic carbocycles. The van der Waals surface area contributed by atoms with Crippen molar-refractivity contribution in [2.24, 2.45) is 0 Å². The average Bonchev–Trinajstić information content (AvgIpc) is 2.36. The number of benzene rings is 1. The maximum atomic E-state index is 10.6. The van der Waals surface area contributed by atoms with E-state index >= 15 is 0 Å². The maximum Gasteiger partial charge on any atom is 0.270 e. The number of aliphatic hydroxyl groups excluding tert-OH is 1. The van der Waals surface area contributed by atoms with E-state index in [4.69, 9.17) is 10.4 Å². The number of anilines is 1. The molecular formula is C12H15N3O3. The van der Waals surface area contributed by atoms with Crippen molar-refractivity contribution in [3.8, 4) is 6.07 Å². The zero-order chi connectivity index (χ0) is 13.5. The summed E-state index contributed by atoms with van der Waals surface area (Å²) in [6.07, 6.45) is 1.43. The molecule has 18 heavy (non-hydrogen) atoms. The first kappa shape index (κ1) is 13.9. The summed E-state index contributed by atoms with van der Waals surface area (Å²) >= 11 is 0. The standard InChI is InChI=1S/C12H15N3O3/c1-9(3-2-6-16)14-12-5-4-11(15(17)18)7-10(12)8-13/h4-5,7,9,14,16H,2-3,6H2,1H3. The highest BCUT2D eigenvalue weighted by Crippen LogP contribution is 2.22. The quantitative estimate of drug-likeness (QED) is 0.593. The third kappa shape index (κ3) is 3.71. The lowest BCUT2D eigenvalue weighted by molar-refractivity contribution is -0.384. The van der Waals surface area contributed by atoms with Gasteiger partial charge in [0.15, 0.2) is 0 Å². The molecule has 1 atom stereocenters. The van der Waals surface area contributed by atoms with Crippen molar-refractivity contribution >= 4 is 11.4 Å². The van der Waals surface area contributed by atoms with E-state index in [-0.39, 0.29) is 23.9 Å². The van der Waals surface area contributed by atoms with Gasteiger partial charge in [0.2, 0.25) is 0 Å². The fourth-order valence-electron chi connectivity index (χ4n) is 1.60. The second kappa shape index (κ2) is 6.57. The Balaban J connectivity index is 2.83. The van der Waals surface area contributed by atoms with Crippen LogP contribution in [0.1, 0.15) is 25.3 Å². The lowest BCUT2D eigenvalue weighted by atomic mass is 10.1. The van der Waals surface area contributed by atoms with E-state index in [0.717, 1.165) is 6.42 Å². The van der Waals surface area contributed by atoms with Gasteiger partial charge in [-0.05, 0) is 25.8 Å². The van der Waals surface area contributed by atoms with Crippen LogP contribution in [0, 0.1) is 21.4 Å². The van der Waals surface area contributed by atoms with Crippen LogP contribution in [0.15, 0.2) is 18.2 Å². The third-order valence-electron chi connectivity index (χ3n) is 2.53. The van der Waals surface area contributed by atoms with Crippen LogP contribution < -0.4 is 5.32 Å². The Morgan fingerprint density at radius 1 is 1.61 bits per heavy atom. The van der Waals surface area contributed by atoms with Crippen LogP contribution >= 0.6 is 0 Å². The minimum atomic E-state index is -0.528. The minimum absolute atomic E-state index is 0.0886. The molecule has 6 nitrogen and oxygen atoms in total. The number of nitro groups is 1. The molecule has 0 saturated heterocycles. The average molecular weight is 249 g/mol. The molecule has 1 aromatic rings. The van der Waals surface area contributed by atoms with Crippen molar-refractivity contribution in [2.45, 2.75) is 25.8 Å². The van der Waals surface area contributed by atoms with E-state index in [1.54, 1.807) is 0 Å². The van der Waals surface area contributed by atoms with E-state index in [2.05, 4.69) is 5.32 Å². The first-order chi connectivity index (χ1) is 8.58. The molecule has 0 aliphatic heterocycles. The summed E-state index contributed by atoms with van der Waals surface area (Å²) in [4.78, 5) is 10.1. The first-order valence-corrected chi connectivity index (χ1v) is 5.64. The summed E-state index contributed by atoms with van der Waals surface area (Å²) in [6, 6.07) is 6.17. The van der Waals surface area contributed by atoms with E-state index in [1.807, 2.05) is 13.0 Å². The molecule has 0 radical (unpaired) electrons. The minimum Gasteiger partial charge on any atom is -0.396 e. The molecule has 0 aliphatic rings. The van der Waals surface area contributed by atoms with Crippen molar-refractivity contribution in [3.63, 3.8) is 0 Å². The number of rotatable bonds is 6. The Hall–Kier alpha value is -2.13. The number of nitrogens with zero attached hydrogens (tertiary/aromatic N) is 2. The molecule has 0 aliphatic carbocycles. The Morgan fingerprint density at radius 3 is 2.89 bits per heavy atom. The second-order valence-corrected chi connectivity index (χ2v) is 4.01. The van der Waals surface area contributed by atoms with Gasteiger partial charge in [-0.3, -0.25) is 10.1 Å². The SMILES string of the molecule is CC(CCCO)Nc1ccc([N+](=O)[O-])cc1C#N. The number of hydrogen-bond acceptors (Lipinski definition) is 5. The van der Waals surface area contributed by atoms with Gasteiger partial charge >= 0.3 is 0 Å². The number of nitriles is 1. The molecule has 1 unspecified atom stereocenters. The molecule has 0 saturated carbocycles. The van der Waals surface area contributed by atoms with Crippen molar-refractivity contribution < 1.29 is 10.0 Å². The van der Waals surface area contributed by atoms with Crippen LogP contribution in [0.4, 0.5) is 11.4 Å². The number of nitrogens with one attached hydrogen (secondary N) is 1. The molecule has 0 heterocycles. The molecule has 0 fully saturated rings. The topological polar surface area (TPSA) is 99.2 Å². The van der Waals surface area contributed by atoms with Gasteiger partial charge in [0.25, 0.3) is 5.69 Å². The maximum absolute atomic E-state index is 10.6. The molecule has 96 valence electrons. The monoisotopic (exact) mass is 249 g/mol. The summed E-state index contributed by atoms with van der Waals surface area (Å²) in [5.74, 6) is 0. The Kier molecular flexibility index (Phi) is 5.08. The van der Waals surface area contributed by atoms with Crippen molar-refractivity contribution in [2.75, 3.05) is 11.9 Å². The molecule has 1 rings (SSSR count). The third-order valence-corrected chi connectivity index (χ3v) is 2.53. The molecule has 6 heteroatoms. The number of aliphatic hydroxyl groups is 1. The highest BCUT2D eigenvalue weighted by Gasteiger charge is 2.12. The zero-order valence-corrected chi connectivity index (χ0v) is 10.1. The molecule has 0 bridgehead atoms. The van der Waals surface area contributed by atoms with Crippen molar-refractivity contribution in [3.05, 3.63) is 33.9 Å². The van der Waals surface area contributed by atoms with Crippen LogP contribution in [-0.4, -0.2) is 22.7 Å². The summed E-state index contributed by atoms with van der Waals surface area (Å²) in [5, 5.41) is 31.4. The fraction of sp³-hybridized carbons (Fsp3) is 0.417. The van der Waals surface area contributed by atoms with E-state index in [9.17, 15) is 10.1 Å². The predicted molar refractivity (Wildman–Crippen MR) is 67.2 cm³/mol. The highest BCUT2D eigenvalue weighted by atomic mass is 16.6. The van der Waals surface area contributed by atoms with E-state index in [1.165, 1.54) is 18.2 Å². The largest absolute Gasteiger partial charge is 0.396 e. The van der Waals surface area contributed by atoms with Gasteiger partial charge < -0.3 is 10.4 Å². The lowest BCUT2D eigenvalue weighted by Crippen LogP contribution is -2.16. The summed E-state index contributed by atoms with van der Waals surface area (Å²) in [7, 11) is 0. The predicted octanol–water partition coefficient (Wildman–Crippen LogP) is 2.04. The van der Waals surface area contributed by atoms with Crippen LogP contribution in [-0.2, 0) is 0 Å². The second-order valence-electron chi connectivity index (χ2n) is 4.01. The van der Waals surface area contributed by atoms with E-state index < -0.39 is 4.92 Å². The molecule has 0 aromatic heterocycles. The molecule has 0 spiro atoms. The Bertz CT molecular complexity index is 468. The smallest absolute Gasteiger partial charge is 0.270 e. The van der Waals surface area contributed by atoms with Gasteiger partial charge in [-0.2, -0.15) is 5.26 Å². The van der Waals surface area contributed by atoms with Gasteiger partial charge in [0.05, 0.1) is 16.2 Å². The Morgan fingerprint density at radius 2 is 2.33 bits per heavy atom.